The number of benzene rings is 1. The molecule has 1 aromatic carbocycles. The lowest BCUT2D eigenvalue weighted by atomic mass is 10.1. The predicted molar refractivity (Wildman–Crippen MR) is 81.2 cm³/mol. The Labute approximate surface area is 122 Å². The fraction of sp³-hybridized carbons (Fsp3) is 0.571. The van der Waals surface area contributed by atoms with E-state index in [0.717, 1.165) is 23.3 Å². The van der Waals surface area contributed by atoms with Crippen LogP contribution in [0.4, 0.5) is 0 Å². The second-order valence-electron chi connectivity index (χ2n) is 4.88. The Morgan fingerprint density at radius 3 is 3.06 bits per heavy atom. The smallest absolute Gasteiger partial charge is 0.0669 e. The molecule has 1 aliphatic rings. The molecule has 0 aromatic heterocycles. The highest BCUT2D eigenvalue weighted by atomic mass is 79.9. The molecule has 4 heteroatoms. The zero-order valence-electron chi connectivity index (χ0n) is 10.7. The summed E-state index contributed by atoms with van der Waals surface area (Å²) in [6, 6.07) is 6.66. The molecule has 2 N–H and O–H groups in total. The fourth-order valence-electron chi connectivity index (χ4n) is 2.15. The van der Waals surface area contributed by atoms with E-state index >= 15 is 0 Å². The Bertz CT molecular complexity index is 391. The van der Waals surface area contributed by atoms with Crippen LogP contribution >= 0.6 is 27.7 Å². The van der Waals surface area contributed by atoms with Gasteiger partial charge in [0.2, 0.25) is 0 Å². The molecule has 2 rings (SSSR count). The molecule has 1 aliphatic heterocycles. The Balaban J connectivity index is 2.00. The predicted octanol–water partition coefficient (Wildman–Crippen LogP) is 3.61. The average molecular weight is 330 g/mol. The van der Waals surface area contributed by atoms with Crippen molar-refractivity contribution in [1.29, 1.82) is 0 Å². The van der Waals surface area contributed by atoms with Gasteiger partial charge in [0.15, 0.2) is 0 Å². The number of thioether (sulfide) groups is 1. The van der Waals surface area contributed by atoms with Crippen LogP contribution in [0.15, 0.2) is 27.6 Å². The third kappa shape index (κ3) is 4.26. The first kappa shape index (κ1) is 14.4. The maximum Gasteiger partial charge on any atom is 0.0669 e. The zero-order chi connectivity index (χ0) is 13.0. The van der Waals surface area contributed by atoms with Crippen molar-refractivity contribution in [3.8, 4) is 0 Å². The molecular formula is C14H20BrNOS. The van der Waals surface area contributed by atoms with Gasteiger partial charge < -0.3 is 10.5 Å². The minimum absolute atomic E-state index is 0.196. The molecule has 0 saturated carbocycles. The standard InChI is InChI=1S/C14H20BrNOS/c1-10(16)7-11-8-12(15)4-5-14(11)18-9-13-3-2-6-17-13/h4-5,8,10,13H,2-3,6-7,9,16H2,1H3. The molecule has 1 fully saturated rings. The molecule has 1 heterocycles. The lowest BCUT2D eigenvalue weighted by Gasteiger charge is -2.14. The SMILES string of the molecule is CC(N)Cc1cc(Br)ccc1SCC1CCCO1. The molecule has 2 atom stereocenters. The summed E-state index contributed by atoms with van der Waals surface area (Å²) in [5, 5.41) is 0. The molecule has 1 aromatic rings. The zero-order valence-corrected chi connectivity index (χ0v) is 13.1. The van der Waals surface area contributed by atoms with Gasteiger partial charge in [-0.3, -0.25) is 0 Å². The highest BCUT2D eigenvalue weighted by Gasteiger charge is 2.16. The number of hydrogen-bond acceptors (Lipinski definition) is 3. The van der Waals surface area contributed by atoms with E-state index in [1.54, 1.807) is 0 Å². The first-order chi connectivity index (χ1) is 8.65. The quantitative estimate of drug-likeness (QED) is 0.838. The maximum atomic E-state index is 5.91. The van der Waals surface area contributed by atoms with Crippen molar-refractivity contribution in [3.05, 3.63) is 28.2 Å². The Kier molecular flexibility index (Phi) is 5.55. The van der Waals surface area contributed by atoms with E-state index in [1.807, 2.05) is 11.8 Å². The van der Waals surface area contributed by atoms with Crippen LogP contribution in [0.25, 0.3) is 0 Å². The minimum atomic E-state index is 0.196. The van der Waals surface area contributed by atoms with Crippen molar-refractivity contribution in [3.63, 3.8) is 0 Å². The monoisotopic (exact) mass is 329 g/mol. The van der Waals surface area contributed by atoms with E-state index in [-0.39, 0.29) is 6.04 Å². The van der Waals surface area contributed by atoms with Crippen molar-refractivity contribution in [1.82, 2.24) is 0 Å². The van der Waals surface area contributed by atoms with Crippen LogP contribution in [-0.4, -0.2) is 24.5 Å². The summed E-state index contributed by atoms with van der Waals surface area (Å²) >= 11 is 5.42. The lowest BCUT2D eigenvalue weighted by molar-refractivity contribution is 0.129. The van der Waals surface area contributed by atoms with Crippen LogP contribution in [0, 0.1) is 0 Å². The molecule has 0 spiro atoms. The van der Waals surface area contributed by atoms with Crippen LogP contribution in [0.3, 0.4) is 0 Å². The normalized spacial score (nSPS) is 21.2. The average Bonchev–Trinajstić information content (AvgIpc) is 2.80. The molecular weight excluding hydrogens is 310 g/mol. The van der Waals surface area contributed by atoms with Crippen molar-refractivity contribution in [2.45, 2.75) is 43.2 Å². The van der Waals surface area contributed by atoms with Gasteiger partial charge in [-0.2, -0.15) is 0 Å². The third-order valence-electron chi connectivity index (χ3n) is 3.01. The molecule has 18 heavy (non-hydrogen) atoms. The Hall–Kier alpha value is -0.0300. The molecule has 2 nitrogen and oxygen atoms in total. The number of halogens is 1. The second kappa shape index (κ2) is 6.94. The van der Waals surface area contributed by atoms with E-state index < -0.39 is 0 Å². The van der Waals surface area contributed by atoms with Gasteiger partial charge in [-0.05, 0) is 49.9 Å². The van der Waals surface area contributed by atoms with Gasteiger partial charge >= 0.3 is 0 Å². The van der Waals surface area contributed by atoms with Crippen LogP contribution in [0.1, 0.15) is 25.3 Å². The van der Waals surface area contributed by atoms with Gasteiger partial charge in [0, 0.05) is 27.8 Å². The largest absolute Gasteiger partial charge is 0.377 e. The topological polar surface area (TPSA) is 35.2 Å². The summed E-state index contributed by atoms with van der Waals surface area (Å²) in [4.78, 5) is 1.34. The summed E-state index contributed by atoms with van der Waals surface area (Å²) in [7, 11) is 0. The fourth-order valence-corrected chi connectivity index (χ4v) is 3.68. The van der Waals surface area contributed by atoms with E-state index in [4.69, 9.17) is 10.5 Å². The van der Waals surface area contributed by atoms with Crippen molar-refractivity contribution < 1.29 is 4.74 Å². The summed E-state index contributed by atoms with van der Waals surface area (Å²) in [6.45, 7) is 2.98. The summed E-state index contributed by atoms with van der Waals surface area (Å²) in [6.07, 6.45) is 3.76. The molecule has 0 aliphatic carbocycles. The molecule has 100 valence electrons. The molecule has 0 radical (unpaired) electrons. The number of hydrogen-bond donors (Lipinski definition) is 1. The van der Waals surface area contributed by atoms with Gasteiger partial charge in [-0.15, -0.1) is 11.8 Å². The van der Waals surface area contributed by atoms with Gasteiger partial charge in [0.1, 0.15) is 0 Å². The van der Waals surface area contributed by atoms with Gasteiger partial charge in [-0.25, -0.2) is 0 Å². The first-order valence-corrected chi connectivity index (χ1v) is 8.21. The Morgan fingerprint density at radius 1 is 1.56 bits per heavy atom. The molecule has 0 bridgehead atoms. The van der Waals surface area contributed by atoms with E-state index in [2.05, 4.69) is 41.1 Å². The van der Waals surface area contributed by atoms with E-state index in [1.165, 1.54) is 23.3 Å². The molecule has 1 saturated heterocycles. The Morgan fingerprint density at radius 2 is 2.39 bits per heavy atom. The van der Waals surface area contributed by atoms with Crippen molar-refractivity contribution >= 4 is 27.7 Å². The third-order valence-corrected chi connectivity index (χ3v) is 4.75. The van der Waals surface area contributed by atoms with Gasteiger partial charge in [0.25, 0.3) is 0 Å². The van der Waals surface area contributed by atoms with Crippen LogP contribution < -0.4 is 5.73 Å². The maximum absolute atomic E-state index is 5.91. The number of nitrogens with two attached hydrogens (primary N) is 1. The minimum Gasteiger partial charge on any atom is -0.377 e. The number of rotatable bonds is 5. The lowest BCUT2D eigenvalue weighted by Crippen LogP contribution is -2.18. The van der Waals surface area contributed by atoms with E-state index in [9.17, 15) is 0 Å². The van der Waals surface area contributed by atoms with Gasteiger partial charge in [0.05, 0.1) is 6.10 Å². The molecule has 2 unspecified atom stereocenters. The second-order valence-corrected chi connectivity index (χ2v) is 6.86. The highest BCUT2D eigenvalue weighted by Crippen LogP contribution is 2.29. The van der Waals surface area contributed by atoms with Crippen LogP contribution in [0.5, 0.6) is 0 Å². The first-order valence-electron chi connectivity index (χ1n) is 6.43. The van der Waals surface area contributed by atoms with Crippen LogP contribution in [0.2, 0.25) is 0 Å². The highest BCUT2D eigenvalue weighted by molar-refractivity contribution is 9.10. The van der Waals surface area contributed by atoms with Crippen molar-refractivity contribution in [2.75, 3.05) is 12.4 Å². The van der Waals surface area contributed by atoms with E-state index in [0.29, 0.717) is 6.10 Å². The summed E-state index contributed by atoms with van der Waals surface area (Å²) < 4.78 is 6.79. The summed E-state index contributed by atoms with van der Waals surface area (Å²) in [5.41, 5.74) is 7.25. The van der Waals surface area contributed by atoms with Crippen LogP contribution in [-0.2, 0) is 11.2 Å². The molecule has 0 amide bonds. The number of ether oxygens (including phenoxy) is 1. The van der Waals surface area contributed by atoms with Gasteiger partial charge in [-0.1, -0.05) is 15.9 Å². The van der Waals surface area contributed by atoms with Crippen molar-refractivity contribution in [2.24, 2.45) is 5.73 Å². The summed E-state index contributed by atoms with van der Waals surface area (Å²) in [5.74, 6) is 1.05.